The molecule has 7 nitrogen and oxygen atoms in total. The normalized spacial score (nSPS) is 22.2. The van der Waals surface area contributed by atoms with Gasteiger partial charge in [0.1, 0.15) is 5.69 Å². The van der Waals surface area contributed by atoms with E-state index in [0.29, 0.717) is 43.0 Å². The predicted octanol–water partition coefficient (Wildman–Crippen LogP) is 3.23. The number of nitro groups is 1. The van der Waals surface area contributed by atoms with Crippen LogP contribution in [0.25, 0.3) is 0 Å². The van der Waals surface area contributed by atoms with E-state index in [4.69, 9.17) is 4.74 Å². The third-order valence-corrected chi connectivity index (χ3v) is 6.55. The van der Waals surface area contributed by atoms with Gasteiger partial charge in [0.2, 0.25) is 0 Å². The Hall–Kier alpha value is -2.15. The maximum absolute atomic E-state index is 12.7. The lowest BCUT2D eigenvalue weighted by molar-refractivity contribution is -0.384. The monoisotopic (exact) mass is 373 g/mol. The number of amides is 1. The maximum Gasteiger partial charge on any atom is 0.293 e. The van der Waals surface area contributed by atoms with Crippen molar-refractivity contribution in [3.05, 3.63) is 33.9 Å². The van der Waals surface area contributed by atoms with Crippen molar-refractivity contribution >= 4 is 17.3 Å². The molecule has 1 amide bonds. The molecule has 1 aromatic rings. The molecule has 27 heavy (non-hydrogen) atoms. The molecule has 1 aromatic carbocycles. The number of anilines is 1. The number of carbonyl (C=O) groups excluding carboxylic acids is 1. The van der Waals surface area contributed by atoms with Crippen molar-refractivity contribution in [1.29, 1.82) is 0 Å². The number of nitro benzene ring substituents is 1. The number of hydrogen-bond donors (Lipinski definition) is 0. The third-order valence-electron chi connectivity index (χ3n) is 6.55. The van der Waals surface area contributed by atoms with E-state index in [-0.39, 0.29) is 16.5 Å². The Morgan fingerprint density at radius 1 is 1.04 bits per heavy atom. The minimum absolute atomic E-state index is 0.0384. The molecule has 7 heteroatoms. The summed E-state index contributed by atoms with van der Waals surface area (Å²) in [6.45, 7) is 3.81. The van der Waals surface area contributed by atoms with Gasteiger partial charge >= 0.3 is 0 Å². The number of benzene rings is 1. The quantitative estimate of drug-likeness (QED) is 0.601. The van der Waals surface area contributed by atoms with Gasteiger partial charge in [0.25, 0.3) is 11.6 Å². The first-order valence-electron chi connectivity index (χ1n) is 9.98. The number of nitrogens with zero attached hydrogens (tertiary/aromatic N) is 3. The highest BCUT2D eigenvalue weighted by Gasteiger charge is 2.38. The van der Waals surface area contributed by atoms with Crippen LogP contribution in [0.4, 0.5) is 11.4 Å². The van der Waals surface area contributed by atoms with Gasteiger partial charge in [0, 0.05) is 37.8 Å². The second-order valence-corrected chi connectivity index (χ2v) is 8.06. The fraction of sp³-hybridized carbons (Fsp3) is 0.650. The number of ether oxygens (including phenoxy) is 1. The third kappa shape index (κ3) is 3.65. The first kappa shape index (κ1) is 18.2. The highest BCUT2D eigenvalue weighted by molar-refractivity contribution is 5.96. The van der Waals surface area contributed by atoms with Gasteiger partial charge in [-0.25, -0.2) is 0 Å². The second kappa shape index (κ2) is 7.46. The number of morpholine rings is 1. The summed E-state index contributed by atoms with van der Waals surface area (Å²) in [4.78, 5) is 27.8. The lowest BCUT2D eigenvalue weighted by Gasteiger charge is -2.40. The van der Waals surface area contributed by atoms with Crippen LogP contribution in [0.1, 0.15) is 48.9 Å². The van der Waals surface area contributed by atoms with E-state index < -0.39 is 0 Å². The zero-order valence-electron chi connectivity index (χ0n) is 15.7. The fourth-order valence-electron chi connectivity index (χ4n) is 4.87. The molecule has 1 spiro atoms. The van der Waals surface area contributed by atoms with Crippen LogP contribution in [-0.4, -0.2) is 55.1 Å². The van der Waals surface area contributed by atoms with E-state index in [0.717, 1.165) is 25.9 Å². The number of rotatable bonds is 3. The molecule has 3 fully saturated rings. The minimum Gasteiger partial charge on any atom is -0.378 e. The van der Waals surface area contributed by atoms with Crippen molar-refractivity contribution in [1.82, 2.24) is 4.90 Å². The van der Waals surface area contributed by atoms with Crippen LogP contribution in [0.15, 0.2) is 18.2 Å². The second-order valence-electron chi connectivity index (χ2n) is 8.06. The molecule has 2 heterocycles. The molecule has 0 aromatic heterocycles. The van der Waals surface area contributed by atoms with Crippen LogP contribution in [0, 0.1) is 15.5 Å². The summed E-state index contributed by atoms with van der Waals surface area (Å²) < 4.78 is 5.28. The van der Waals surface area contributed by atoms with E-state index in [1.54, 1.807) is 17.0 Å². The van der Waals surface area contributed by atoms with Gasteiger partial charge in [-0.15, -0.1) is 0 Å². The zero-order chi connectivity index (χ0) is 18.9. The molecule has 2 aliphatic heterocycles. The smallest absolute Gasteiger partial charge is 0.293 e. The van der Waals surface area contributed by atoms with Gasteiger partial charge in [0.05, 0.1) is 18.1 Å². The molecule has 0 atom stereocenters. The van der Waals surface area contributed by atoms with Crippen molar-refractivity contribution < 1.29 is 14.5 Å². The summed E-state index contributed by atoms with van der Waals surface area (Å²) in [5.41, 5.74) is 1.54. The maximum atomic E-state index is 12.7. The molecular formula is C20H27N3O4. The molecule has 0 unspecified atom stereocenters. The Bertz CT molecular complexity index is 714. The van der Waals surface area contributed by atoms with Gasteiger partial charge in [-0.2, -0.15) is 0 Å². The number of piperidine rings is 1. The molecule has 0 N–H and O–H groups in total. The molecule has 1 aliphatic carbocycles. The first-order chi connectivity index (χ1) is 13.1. The summed E-state index contributed by atoms with van der Waals surface area (Å²) in [5.74, 6) is -0.156. The van der Waals surface area contributed by atoms with Crippen LogP contribution >= 0.6 is 0 Å². The largest absolute Gasteiger partial charge is 0.378 e. The van der Waals surface area contributed by atoms with Crippen molar-refractivity contribution in [3.8, 4) is 0 Å². The molecule has 4 rings (SSSR count). The first-order valence-corrected chi connectivity index (χ1v) is 9.98. The lowest BCUT2D eigenvalue weighted by atomic mass is 9.77. The van der Waals surface area contributed by atoms with Crippen LogP contribution in [0.5, 0.6) is 0 Å². The topological polar surface area (TPSA) is 75.9 Å². The van der Waals surface area contributed by atoms with E-state index >= 15 is 0 Å². The standard InChI is InChI=1S/C20H27N3O4/c24-19(22-11-13-27-14-12-22)16-3-4-17(18(15-16)23(25)26)21-9-7-20(8-10-21)5-1-2-6-20/h3-4,15H,1-2,5-14H2. The average molecular weight is 373 g/mol. The Kier molecular flexibility index (Phi) is 5.04. The van der Waals surface area contributed by atoms with Crippen LogP contribution in [0.2, 0.25) is 0 Å². The molecule has 0 bridgehead atoms. The summed E-state index contributed by atoms with van der Waals surface area (Å²) in [5, 5.41) is 11.7. The molecule has 2 saturated heterocycles. The SMILES string of the molecule is O=C(c1ccc(N2CCC3(CCCC3)CC2)c([N+](=O)[O-])c1)N1CCOCC1. The summed E-state index contributed by atoms with van der Waals surface area (Å²) in [7, 11) is 0. The average Bonchev–Trinajstić information content (AvgIpc) is 3.16. The van der Waals surface area contributed by atoms with Crippen molar-refractivity contribution in [2.45, 2.75) is 38.5 Å². The van der Waals surface area contributed by atoms with Gasteiger partial charge in [0.15, 0.2) is 0 Å². The molecular weight excluding hydrogens is 346 g/mol. The summed E-state index contributed by atoms with van der Waals surface area (Å²) in [6, 6.07) is 4.95. The lowest BCUT2D eigenvalue weighted by Crippen LogP contribution is -2.41. The minimum atomic E-state index is -0.356. The molecule has 3 aliphatic rings. The highest BCUT2D eigenvalue weighted by atomic mass is 16.6. The van der Waals surface area contributed by atoms with Gasteiger partial charge < -0.3 is 14.5 Å². The Morgan fingerprint density at radius 2 is 1.70 bits per heavy atom. The van der Waals surface area contributed by atoms with Crippen molar-refractivity contribution in [3.63, 3.8) is 0 Å². The van der Waals surface area contributed by atoms with Crippen LogP contribution in [0.3, 0.4) is 0 Å². The van der Waals surface area contributed by atoms with E-state index in [2.05, 4.69) is 4.90 Å². The fourth-order valence-corrected chi connectivity index (χ4v) is 4.87. The zero-order valence-corrected chi connectivity index (χ0v) is 15.7. The Labute approximate surface area is 159 Å². The van der Waals surface area contributed by atoms with Gasteiger partial charge in [-0.3, -0.25) is 14.9 Å². The highest BCUT2D eigenvalue weighted by Crippen LogP contribution is 2.47. The predicted molar refractivity (Wildman–Crippen MR) is 102 cm³/mol. The van der Waals surface area contributed by atoms with E-state index in [1.165, 1.54) is 31.7 Å². The Balaban J connectivity index is 1.53. The van der Waals surface area contributed by atoms with Crippen molar-refractivity contribution in [2.24, 2.45) is 5.41 Å². The van der Waals surface area contributed by atoms with E-state index in [9.17, 15) is 14.9 Å². The molecule has 1 saturated carbocycles. The van der Waals surface area contributed by atoms with Gasteiger partial charge in [-0.1, -0.05) is 12.8 Å². The van der Waals surface area contributed by atoms with Crippen molar-refractivity contribution in [2.75, 3.05) is 44.3 Å². The summed E-state index contributed by atoms with van der Waals surface area (Å²) >= 11 is 0. The van der Waals surface area contributed by atoms with Gasteiger partial charge in [-0.05, 0) is 43.2 Å². The number of carbonyl (C=O) groups is 1. The Morgan fingerprint density at radius 3 is 2.33 bits per heavy atom. The molecule has 146 valence electrons. The summed E-state index contributed by atoms with van der Waals surface area (Å²) in [6.07, 6.45) is 7.46. The molecule has 0 radical (unpaired) electrons. The van der Waals surface area contributed by atoms with Crippen LogP contribution in [-0.2, 0) is 4.74 Å². The van der Waals surface area contributed by atoms with E-state index in [1.807, 2.05) is 0 Å². The number of hydrogen-bond acceptors (Lipinski definition) is 5. The van der Waals surface area contributed by atoms with Crippen LogP contribution < -0.4 is 4.90 Å².